The normalized spacial score (nSPS) is 12.0. The molecule has 2 rings (SSSR count). The minimum Gasteiger partial charge on any atom is -0.399 e. The highest BCUT2D eigenvalue weighted by Crippen LogP contribution is 2.10. The molecule has 142 valence electrons. The molecule has 1 aromatic heterocycles. The van der Waals surface area contributed by atoms with Gasteiger partial charge < -0.3 is 16.4 Å². The third-order valence-corrected chi connectivity index (χ3v) is 4.09. The van der Waals surface area contributed by atoms with Gasteiger partial charge in [0, 0.05) is 29.7 Å². The van der Waals surface area contributed by atoms with E-state index >= 15 is 0 Å². The van der Waals surface area contributed by atoms with Crippen LogP contribution in [0.5, 0.6) is 0 Å². The summed E-state index contributed by atoms with van der Waals surface area (Å²) < 4.78 is 0. The molecule has 0 amide bonds. The van der Waals surface area contributed by atoms with Crippen LogP contribution in [0, 0.1) is 0 Å². The number of nitrogens with one attached hydrogen (secondary N) is 3. The van der Waals surface area contributed by atoms with Crippen LogP contribution in [0.1, 0.15) is 18.9 Å². The Morgan fingerprint density at radius 2 is 2.15 bits per heavy atom. The summed E-state index contributed by atoms with van der Waals surface area (Å²) in [7, 11) is 0. The molecule has 6 nitrogen and oxygen atoms in total. The summed E-state index contributed by atoms with van der Waals surface area (Å²) in [5.74, 6) is 0.636. The topological polar surface area (TPSA) is 95.8 Å². The van der Waals surface area contributed by atoms with Crippen molar-refractivity contribution in [2.45, 2.75) is 19.8 Å². The Morgan fingerprint density at radius 3 is 2.85 bits per heavy atom. The lowest BCUT2D eigenvalue weighted by Crippen LogP contribution is -2.43. The van der Waals surface area contributed by atoms with Crippen LogP contribution in [0.25, 0.3) is 12.2 Å². The standard InChI is InChI=1S/C21H27N5O/c1-4-7-19-18(5-2)20(25-26-21(19)27)24-13-12-23-15(3)10-11-16-8-6-9-17(22)14-16/h4-9,14,23H,1,3,10-13,22H2,2H3,(H,24,25)(H,26,27)/b18-5+,19-7+. The molecule has 2 aromatic rings. The fourth-order valence-corrected chi connectivity index (χ4v) is 2.74. The van der Waals surface area contributed by atoms with E-state index in [2.05, 4.69) is 40.1 Å². The molecule has 0 aliphatic carbocycles. The van der Waals surface area contributed by atoms with Gasteiger partial charge in [-0.3, -0.25) is 4.79 Å². The minimum absolute atomic E-state index is 0.235. The maximum atomic E-state index is 11.9. The van der Waals surface area contributed by atoms with Crippen molar-refractivity contribution in [3.05, 3.63) is 75.6 Å². The zero-order chi connectivity index (χ0) is 19.6. The predicted molar refractivity (Wildman–Crippen MR) is 114 cm³/mol. The molecule has 0 aliphatic heterocycles. The summed E-state index contributed by atoms with van der Waals surface area (Å²) in [6.45, 7) is 10.9. The van der Waals surface area contributed by atoms with E-state index in [1.807, 2.05) is 31.2 Å². The van der Waals surface area contributed by atoms with E-state index < -0.39 is 0 Å². The Hall–Kier alpha value is -3.28. The largest absolute Gasteiger partial charge is 0.399 e. The highest BCUT2D eigenvalue weighted by molar-refractivity contribution is 5.46. The number of rotatable bonds is 9. The van der Waals surface area contributed by atoms with E-state index in [-0.39, 0.29) is 5.56 Å². The van der Waals surface area contributed by atoms with Crippen LogP contribution in [0.3, 0.4) is 0 Å². The highest BCUT2D eigenvalue weighted by atomic mass is 16.1. The van der Waals surface area contributed by atoms with Crippen LogP contribution in [0.4, 0.5) is 11.5 Å². The second-order valence-corrected chi connectivity index (χ2v) is 6.12. The van der Waals surface area contributed by atoms with Crippen LogP contribution >= 0.6 is 0 Å². The summed E-state index contributed by atoms with van der Waals surface area (Å²) in [4.78, 5) is 11.9. The third-order valence-electron chi connectivity index (χ3n) is 4.09. The summed E-state index contributed by atoms with van der Waals surface area (Å²) in [5.41, 5.74) is 8.51. The van der Waals surface area contributed by atoms with Crippen LogP contribution in [-0.4, -0.2) is 23.3 Å². The van der Waals surface area contributed by atoms with Gasteiger partial charge in [-0.05, 0) is 43.5 Å². The minimum atomic E-state index is -0.235. The van der Waals surface area contributed by atoms with Crippen molar-refractivity contribution in [3.63, 3.8) is 0 Å². The Balaban J connectivity index is 1.86. The van der Waals surface area contributed by atoms with E-state index in [0.29, 0.717) is 24.1 Å². The van der Waals surface area contributed by atoms with E-state index in [4.69, 9.17) is 5.73 Å². The number of H-pyrrole nitrogens is 1. The van der Waals surface area contributed by atoms with Gasteiger partial charge in [-0.2, -0.15) is 5.10 Å². The lowest BCUT2D eigenvalue weighted by Gasteiger charge is -2.11. The molecule has 0 bridgehead atoms. The van der Waals surface area contributed by atoms with Crippen molar-refractivity contribution in [1.29, 1.82) is 0 Å². The number of aryl methyl sites for hydroxylation is 1. The fraction of sp³-hybridized carbons (Fsp3) is 0.238. The van der Waals surface area contributed by atoms with E-state index in [9.17, 15) is 4.79 Å². The van der Waals surface area contributed by atoms with Crippen molar-refractivity contribution in [3.8, 4) is 0 Å². The first-order valence-corrected chi connectivity index (χ1v) is 8.93. The summed E-state index contributed by atoms with van der Waals surface area (Å²) in [6.07, 6.45) is 6.86. The Bertz CT molecular complexity index is 975. The molecule has 1 aromatic carbocycles. The first kappa shape index (κ1) is 20.0. The van der Waals surface area contributed by atoms with Gasteiger partial charge in [0.25, 0.3) is 5.56 Å². The molecule has 0 unspecified atom stereocenters. The van der Waals surface area contributed by atoms with Crippen molar-refractivity contribution in [1.82, 2.24) is 15.5 Å². The quantitative estimate of drug-likeness (QED) is 0.396. The monoisotopic (exact) mass is 365 g/mol. The van der Waals surface area contributed by atoms with Gasteiger partial charge in [0.15, 0.2) is 5.82 Å². The number of benzene rings is 1. The van der Waals surface area contributed by atoms with Crippen LogP contribution in [-0.2, 0) is 6.42 Å². The number of nitrogen functional groups attached to an aromatic ring is 1. The zero-order valence-corrected chi connectivity index (χ0v) is 15.7. The molecule has 0 atom stereocenters. The number of aromatic amines is 1. The summed E-state index contributed by atoms with van der Waals surface area (Å²) >= 11 is 0. The van der Waals surface area contributed by atoms with Gasteiger partial charge in [0.2, 0.25) is 0 Å². The van der Waals surface area contributed by atoms with E-state index in [1.165, 1.54) is 5.56 Å². The molecule has 6 heteroatoms. The Morgan fingerprint density at radius 1 is 1.33 bits per heavy atom. The fourth-order valence-electron chi connectivity index (χ4n) is 2.74. The number of aromatic nitrogens is 2. The van der Waals surface area contributed by atoms with Crippen molar-refractivity contribution in [2.24, 2.45) is 0 Å². The second kappa shape index (κ2) is 10.0. The molecular weight excluding hydrogens is 338 g/mol. The predicted octanol–water partition coefficient (Wildman–Crippen LogP) is 1.27. The van der Waals surface area contributed by atoms with Crippen LogP contribution in [0.2, 0.25) is 0 Å². The van der Waals surface area contributed by atoms with Crippen molar-refractivity contribution in [2.75, 3.05) is 24.1 Å². The molecule has 27 heavy (non-hydrogen) atoms. The van der Waals surface area contributed by atoms with Gasteiger partial charge >= 0.3 is 0 Å². The maximum absolute atomic E-state index is 11.9. The molecule has 0 aliphatic rings. The van der Waals surface area contributed by atoms with Gasteiger partial charge in [-0.15, -0.1) is 0 Å². The van der Waals surface area contributed by atoms with Gasteiger partial charge in [-0.25, -0.2) is 5.10 Å². The molecule has 0 saturated heterocycles. The van der Waals surface area contributed by atoms with Crippen molar-refractivity contribution >= 4 is 23.7 Å². The molecule has 5 N–H and O–H groups in total. The number of hydrogen-bond acceptors (Lipinski definition) is 5. The Labute approximate surface area is 159 Å². The first-order chi connectivity index (χ1) is 13.0. The lowest BCUT2D eigenvalue weighted by molar-refractivity contribution is 0.755. The zero-order valence-electron chi connectivity index (χ0n) is 15.7. The second-order valence-electron chi connectivity index (χ2n) is 6.12. The van der Waals surface area contributed by atoms with Crippen molar-refractivity contribution < 1.29 is 0 Å². The Kier molecular flexibility index (Phi) is 7.43. The summed E-state index contributed by atoms with van der Waals surface area (Å²) in [6, 6.07) is 7.89. The van der Waals surface area contributed by atoms with E-state index in [0.717, 1.165) is 29.4 Å². The molecule has 0 spiro atoms. The first-order valence-electron chi connectivity index (χ1n) is 8.93. The smallest absolute Gasteiger partial charge is 0.272 e. The number of anilines is 2. The highest BCUT2D eigenvalue weighted by Gasteiger charge is 2.02. The average Bonchev–Trinajstić information content (AvgIpc) is 2.66. The van der Waals surface area contributed by atoms with E-state index in [1.54, 1.807) is 12.2 Å². The van der Waals surface area contributed by atoms with Gasteiger partial charge in [-0.1, -0.05) is 37.4 Å². The van der Waals surface area contributed by atoms with Crippen LogP contribution in [0.15, 0.2) is 54.0 Å². The maximum Gasteiger partial charge on any atom is 0.272 e. The molecule has 0 radical (unpaired) electrons. The van der Waals surface area contributed by atoms with Gasteiger partial charge in [0.1, 0.15) is 0 Å². The average molecular weight is 365 g/mol. The number of hydrogen-bond donors (Lipinski definition) is 4. The number of allylic oxidation sites excluding steroid dienone is 2. The van der Waals surface area contributed by atoms with Crippen LogP contribution < -0.4 is 32.4 Å². The third kappa shape index (κ3) is 5.88. The van der Waals surface area contributed by atoms with Gasteiger partial charge in [0.05, 0.1) is 5.22 Å². The molecule has 1 heterocycles. The number of nitrogens with zero attached hydrogens (tertiary/aromatic N) is 1. The molecule has 0 fully saturated rings. The lowest BCUT2D eigenvalue weighted by atomic mass is 10.1. The SMILES string of the molecule is C=C/C=c1/c(=O)[nH]nc(NCCNC(=C)CCc2cccc(N)c2)/c1=C/C. The molecular formula is C21H27N5O. The number of nitrogens with two attached hydrogens (primary N) is 1. The summed E-state index contributed by atoms with van der Waals surface area (Å²) in [5, 5.41) is 14.5. The molecule has 0 saturated carbocycles.